The lowest BCUT2D eigenvalue weighted by atomic mass is 10.2. The van der Waals surface area contributed by atoms with Gasteiger partial charge in [0.25, 0.3) is 0 Å². The van der Waals surface area contributed by atoms with Crippen LogP contribution in [0.25, 0.3) is 11.4 Å². The first-order valence-corrected chi connectivity index (χ1v) is 5.68. The van der Waals surface area contributed by atoms with Gasteiger partial charge in [0.1, 0.15) is 5.75 Å². The van der Waals surface area contributed by atoms with E-state index in [1.165, 1.54) is 43.3 Å². The average Bonchev–Trinajstić information content (AvgIpc) is 2.89. The molecule has 6 nitrogen and oxygen atoms in total. The summed E-state index contributed by atoms with van der Waals surface area (Å²) in [6.45, 7) is 0. The van der Waals surface area contributed by atoms with Gasteiger partial charge in [-0.15, -0.1) is 0 Å². The summed E-state index contributed by atoms with van der Waals surface area (Å²) in [5, 5.41) is 3.25. The van der Waals surface area contributed by atoms with Crippen molar-refractivity contribution < 1.29 is 27.2 Å². The van der Waals surface area contributed by atoms with E-state index in [-0.39, 0.29) is 11.6 Å². The van der Waals surface area contributed by atoms with Crippen LogP contribution in [0.1, 0.15) is 5.89 Å². The molecule has 1 aromatic heterocycles. The number of ether oxygens (including phenoxy) is 1. The maximum absolute atomic E-state index is 12.3. The number of amides is 1. The van der Waals surface area contributed by atoms with Crippen LogP contribution in [-0.4, -0.2) is 35.2 Å². The van der Waals surface area contributed by atoms with E-state index in [1.54, 1.807) is 0 Å². The third-order valence-electron chi connectivity index (χ3n) is 2.35. The smallest absolute Gasteiger partial charge is 0.410 e. The van der Waals surface area contributed by atoms with Crippen LogP contribution >= 0.6 is 0 Å². The second-order valence-electron chi connectivity index (χ2n) is 4.21. The van der Waals surface area contributed by atoms with Gasteiger partial charge in [-0.05, 0) is 24.3 Å². The Bertz CT molecular complexity index is 635. The van der Waals surface area contributed by atoms with Gasteiger partial charge in [-0.25, -0.2) is 4.79 Å². The highest BCUT2D eigenvalue weighted by Gasteiger charge is 2.38. The molecule has 0 fully saturated rings. The van der Waals surface area contributed by atoms with Crippen LogP contribution in [0.5, 0.6) is 5.75 Å². The minimum Gasteiger partial charge on any atom is -0.410 e. The Morgan fingerprint density at radius 3 is 2.33 bits per heavy atom. The van der Waals surface area contributed by atoms with Gasteiger partial charge in [0.2, 0.25) is 5.82 Å². The predicted molar refractivity (Wildman–Crippen MR) is 64.4 cm³/mol. The van der Waals surface area contributed by atoms with Gasteiger partial charge >= 0.3 is 18.2 Å². The minimum atomic E-state index is -4.69. The SMILES string of the molecule is CN(C)C(=O)Oc1ccc(-c2noc(C(F)(F)F)n2)cc1. The second-order valence-corrected chi connectivity index (χ2v) is 4.21. The van der Waals surface area contributed by atoms with Crippen LogP contribution in [-0.2, 0) is 6.18 Å². The molecule has 112 valence electrons. The summed E-state index contributed by atoms with van der Waals surface area (Å²) in [6, 6.07) is 5.67. The number of benzene rings is 1. The van der Waals surface area contributed by atoms with Gasteiger partial charge in [-0.2, -0.15) is 18.2 Å². The molecule has 0 unspecified atom stereocenters. The summed E-state index contributed by atoms with van der Waals surface area (Å²) >= 11 is 0. The molecule has 0 aliphatic rings. The van der Waals surface area contributed by atoms with Crippen molar-refractivity contribution in [2.24, 2.45) is 0 Å². The highest BCUT2D eigenvalue weighted by molar-refractivity contribution is 5.70. The third-order valence-corrected chi connectivity index (χ3v) is 2.35. The summed E-state index contributed by atoms with van der Waals surface area (Å²) in [5.41, 5.74) is 0.305. The van der Waals surface area contributed by atoms with E-state index in [2.05, 4.69) is 14.7 Å². The van der Waals surface area contributed by atoms with Crippen molar-refractivity contribution in [1.82, 2.24) is 15.0 Å². The number of halogens is 3. The maximum atomic E-state index is 12.3. The number of carbonyl (C=O) groups is 1. The predicted octanol–water partition coefficient (Wildman–Crippen LogP) is 2.82. The molecule has 0 N–H and O–H groups in total. The highest BCUT2D eigenvalue weighted by Crippen LogP contribution is 2.29. The van der Waals surface area contributed by atoms with Crippen LogP contribution in [0.4, 0.5) is 18.0 Å². The minimum absolute atomic E-state index is 0.201. The van der Waals surface area contributed by atoms with Crippen molar-refractivity contribution in [3.05, 3.63) is 30.2 Å². The van der Waals surface area contributed by atoms with E-state index < -0.39 is 18.2 Å². The van der Waals surface area contributed by atoms with Crippen molar-refractivity contribution >= 4 is 6.09 Å². The first-order valence-electron chi connectivity index (χ1n) is 5.68. The third kappa shape index (κ3) is 3.50. The number of aromatic nitrogens is 2. The topological polar surface area (TPSA) is 68.5 Å². The fraction of sp³-hybridized carbons (Fsp3) is 0.250. The van der Waals surface area contributed by atoms with Crippen LogP contribution in [0.2, 0.25) is 0 Å². The van der Waals surface area contributed by atoms with E-state index in [1.807, 2.05) is 0 Å². The summed E-state index contributed by atoms with van der Waals surface area (Å²) in [5.74, 6) is -1.37. The number of nitrogens with zero attached hydrogens (tertiary/aromatic N) is 3. The molecule has 0 bridgehead atoms. The quantitative estimate of drug-likeness (QED) is 0.853. The Morgan fingerprint density at radius 1 is 1.24 bits per heavy atom. The molecule has 0 atom stereocenters. The van der Waals surface area contributed by atoms with Crippen molar-refractivity contribution in [2.75, 3.05) is 14.1 Å². The van der Waals surface area contributed by atoms with Crippen LogP contribution in [0, 0.1) is 0 Å². The highest BCUT2D eigenvalue weighted by atomic mass is 19.4. The summed E-state index contributed by atoms with van der Waals surface area (Å²) in [7, 11) is 3.05. The summed E-state index contributed by atoms with van der Waals surface area (Å²) < 4.78 is 46.1. The largest absolute Gasteiger partial charge is 0.471 e. The molecule has 0 radical (unpaired) electrons. The zero-order chi connectivity index (χ0) is 15.6. The number of alkyl halides is 3. The van der Waals surface area contributed by atoms with Crippen molar-refractivity contribution in [2.45, 2.75) is 6.18 Å². The molecule has 0 saturated heterocycles. The molecule has 1 amide bonds. The second kappa shape index (κ2) is 5.43. The van der Waals surface area contributed by atoms with E-state index in [0.29, 0.717) is 5.56 Å². The van der Waals surface area contributed by atoms with Gasteiger partial charge in [0, 0.05) is 19.7 Å². The van der Waals surface area contributed by atoms with Crippen molar-refractivity contribution in [3.63, 3.8) is 0 Å². The molecule has 2 rings (SSSR count). The van der Waals surface area contributed by atoms with E-state index in [4.69, 9.17) is 4.74 Å². The molecule has 0 saturated carbocycles. The molecule has 0 aliphatic heterocycles. The number of hydrogen-bond donors (Lipinski definition) is 0. The van der Waals surface area contributed by atoms with Gasteiger partial charge in [0.05, 0.1) is 0 Å². The Labute approximate surface area is 117 Å². The van der Waals surface area contributed by atoms with Crippen LogP contribution in [0.3, 0.4) is 0 Å². The molecular formula is C12H10F3N3O3. The van der Waals surface area contributed by atoms with E-state index in [0.717, 1.165) is 0 Å². The Kier molecular flexibility index (Phi) is 3.83. The molecule has 9 heteroatoms. The Hall–Kier alpha value is -2.58. The molecule has 1 aromatic carbocycles. The Balaban J connectivity index is 2.16. The first kappa shape index (κ1) is 14.8. The lowest BCUT2D eigenvalue weighted by Crippen LogP contribution is -2.25. The summed E-state index contributed by atoms with van der Waals surface area (Å²) in [4.78, 5) is 15.8. The lowest BCUT2D eigenvalue weighted by molar-refractivity contribution is -0.159. The van der Waals surface area contributed by atoms with Gasteiger partial charge in [-0.1, -0.05) is 5.16 Å². The number of rotatable bonds is 2. The maximum Gasteiger partial charge on any atom is 0.471 e. The van der Waals surface area contributed by atoms with Crippen molar-refractivity contribution in [3.8, 4) is 17.1 Å². The lowest BCUT2D eigenvalue weighted by Gasteiger charge is -2.10. The molecule has 0 aliphatic carbocycles. The Morgan fingerprint density at radius 2 is 1.86 bits per heavy atom. The monoisotopic (exact) mass is 301 g/mol. The van der Waals surface area contributed by atoms with E-state index in [9.17, 15) is 18.0 Å². The molecule has 0 spiro atoms. The molecule has 1 heterocycles. The standard InChI is InChI=1S/C12H10F3N3O3/c1-18(2)11(19)20-8-5-3-7(4-6-8)9-16-10(21-17-9)12(13,14)15/h3-6H,1-2H3. The molecular weight excluding hydrogens is 291 g/mol. The molecule has 21 heavy (non-hydrogen) atoms. The zero-order valence-corrected chi connectivity index (χ0v) is 11.0. The summed E-state index contributed by atoms with van der Waals surface area (Å²) in [6.07, 6.45) is -5.26. The fourth-order valence-corrected chi connectivity index (χ4v) is 1.32. The van der Waals surface area contributed by atoms with Gasteiger partial charge < -0.3 is 14.2 Å². The van der Waals surface area contributed by atoms with Crippen LogP contribution < -0.4 is 4.74 Å². The normalized spacial score (nSPS) is 11.3. The average molecular weight is 301 g/mol. The van der Waals surface area contributed by atoms with Crippen molar-refractivity contribution in [1.29, 1.82) is 0 Å². The fourth-order valence-electron chi connectivity index (χ4n) is 1.32. The van der Waals surface area contributed by atoms with Crippen LogP contribution in [0.15, 0.2) is 28.8 Å². The first-order chi connectivity index (χ1) is 9.77. The number of carbonyl (C=O) groups excluding carboxylic acids is 1. The number of hydrogen-bond acceptors (Lipinski definition) is 5. The molecule has 2 aromatic rings. The van der Waals surface area contributed by atoms with Gasteiger partial charge in [-0.3, -0.25) is 0 Å². The van der Waals surface area contributed by atoms with E-state index >= 15 is 0 Å². The zero-order valence-electron chi connectivity index (χ0n) is 11.0. The van der Waals surface area contributed by atoms with Gasteiger partial charge in [0.15, 0.2) is 0 Å².